The zero-order valence-electron chi connectivity index (χ0n) is 11.2. The van der Waals surface area contributed by atoms with E-state index in [1.807, 2.05) is 0 Å². The average molecular weight is 297 g/mol. The Labute approximate surface area is 122 Å². The summed E-state index contributed by atoms with van der Waals surface area (Å²) in [5, 5.41) is 6.23. The molecule has 3 atom stereocenters. The first-order chi connectivity index (χ1) is 9.63. The maximum absolute atomic E-state index is 13.3. The predicted molar refractivity (Wildman–Crippen MR) is 77.3 cm³/mol. The molecule has 0 radical (unpaired) electrons. The van der Waals surface area contributed by atoms with Crippen LogP contribution in [0.25, 0.3) is 0 Å². The number of fused-ring (bicyclic) bond motifs is 1. The summed E-state index contributed by atoms with van der Waals surface area (Å²) in [6.45, 7) is 0. The number of anilines is 1. The highest BCUT2D eigenvalue weighted by atomic mass is 35.5. The Balaban J connectivity index is 1.63. The normalized spacial score (nSPS) is 29.0. The molecule has 3 rings (SSSR count). The maximum Gasteiger partial charge on any atom is 0.241 e. The number of rotatable bonds is 2. The van der Waals surface area contributed by atoms with E-state index in [9.17, 15) is 9.18 Å². The third kappa shape index (κ3) is 2.81. The van der Waals surface area contributed by atoms with Gasteiger partial charge in [0.2, 0.25) is 5.91 Å². The van der Waals surface area contributed by atoms with Crippen LogP contribution in [0.4, 0.5) is 10.1 Å². The topological polar surface area (TPSA) is 41.1 Å². The van der Waals surface area contributed by atoms with Gasteiger partial charge in [0.1, 0.15) is 5.82 Å². The highest BCUT2D eigenvalue weighted by Crippen LogP contribution is 2.33. The lowest BCUT2D eigenvalue weighted by atomic mass is 9.85. The standard InChI is InChI=1S/C15H18ClFN2O/c16-11-6-5-10(8-12(11)17)18-15(20)14-7-9-3-1-2-4-13(9)19-14/h5-6,8-9,13-14,19H,1-4,7H2,(H,18,20). The van der Waals surface area contributed by atoms with Crippen molar-refractivity contribution in [1.82, 2.24) is 5.32 Å². The molecule has 1 amide bonds. The van der Waals surface area contributed by atoms with Gasteiger partial charge in [0.25, 0.3) is 0 Å². The Kier molecular flexibility index (Phi) is 3.94. The van der Waals surface area contributed by atoms with Crippen molar-refractivity contribution >= 4 is 23.2 Å². The number of amides is 1. The quantitative estimate of drug-likeness (QED) is 0.879. The lowest BCUT2D eigenvalue weighted by Crippen LogP contribution is -2.39. The smallest absolute Gasteiger partial charge is 0.241 e. The van der Waals surface area contributed by atoms with Crippen LogP contribution >= 0.6 is 11.6 Å². The van der Waals surface area contributed by atoms with E-state index in [4.69, 9.17) is 11.6 Å². The molecule has 0 bridgehead atoms. The fraction of sp³-hybridized carbons (Fsp3) is 0.533. The molecular formula is C15H18ClFN2O. The minimum Gasteiger partial charge on any atom is -0.325 e. The second kappa shape index (κ2) is 5.70. The first-order valence-corrected chi connectivity index (χ1v) is 7.53. The van der Waals surface area contributed by atoms with Crippen molar-refractivity contribution in [3.05, 3.63) is 29.0 Å². The molecule has 2 N–H and O–H groups in total. The van der Waals surface area contributed by atoms with Gasteiger partial charge in [-0.15, -0.1) is 0 Å². The second-order valence-corrected chi connectivity index (χ2v) is 6.13. The van der Waals surface area contributed by atoms with Crippen LogP contribution in [0.3, 0.4) is 0 Å². The first kappa shape index (κ1) is 13.8. The Hall–Kier alpha value is -1.13. The van der Waals surface area contributed by atoms with Gasteiger partial charge < -0.3 is 10.6 Å². The fourth-order valence-corrected chi connectivity index (χ4v) is 3.44. The van der Waals surface area contributed by atoms with Gasteiger partial charge in [0.15, 0.2) is 0 Å². The minimum absolute atomic E-state index is 0.0630. The van der Waals surface area contributed by atoms with Gasteiger partial charge in [-0.05, 0) is 43.4 Å². The number of hydrogen-bond acceptors (Lipinski definition) is 2. The van der Waals surface area contributed by atoms with Crippen molar-refractivity contribution in [1.29, 1.82) is 0 Å². The van der Waals surface area contributed by atoms with Gasteiger partial charge in [-0.25, -0.2) is 4.39 Å². The summed E-state index contributed by atoms with van der Waals surface area (Å²) >= 11 is 5.63. The number of carbonyl (C=O) groups excluding carboxylic acids is 1. The van der Waals surface area contributed by atoms with Gasteiger partial charge in [0, 0.05) is 11.7 Å². The monoisotopic (exact) mass is 296 g/mol. The molecule has 5 heteroatoms. The van der Waals surface area contributed by atoms with Crippen molar-refractivity contribution in [2.45, 2.75) is 44.2 Å². The van der Waals surface area contributed by atoms with E-state index in [2.05, 4.69) is 10.6 Å². The number of carbonyl (C=O) groups is 1. The largest absolute Gasteiger partial charge is 0.325 e. The van der Waals surface area contributed by atoms with Crippen LogP contribution in [-0.2, 0) is 4.79 Å². The highest BCUT2D eigenvalue weighted by molar-refractivity contribution is 6.30. The average Bonchev–Trinajstić information content (AvgIpc) is 2.87. The Morgan fingerprint density at radius 2 is 2.15 bits per heavy atom. The van der Waals surface area contributed by atoms with Gasteiger partial charge in [-0.1, -0.05) is 24.4 Å². The highest BCUT2D eigenvalue weighted by Gasteiger charge is 2.38. The third-order valence-electron chi connectivity index (χ3n) is 4.37. The van der Waals surface area contributed by atoms with Crippen LogP contribution in [-0.4, -0.2) is 18.0 Å². The van der Waals surface area contributed by atoms with Crippen molar-refractivity contribution in [3.8, 4) is 0 Å². The summed E-state index contributed by atoms with van der Waals surface area (Å²) in [6, 6.07) is 4.63. The molecule has 20 heavy (non-hydrogen) atoms. The number of benzene rings is 1. The summed E-state index contributed by atoms with van der Waals surface area (Å²) in [6.07, 6.45) is 5.75. The maximum atomic E-state index is 13.3. The van der Waals surface area contributed by atoms with Crippen molar-refractivity contribution in [2.75, 3.05) is 5.32 Å². The zero-order chi connectivity index (χ0) is 14.1. The number of nitrogens with one attached hydrogen (secondary N) is 2. The second-order valence-electron chi connectivity index (χ2n) is 5.72. The van der Waals surface area contributed by atoms with E-state index in [0.717, 1.165) is 12.8 Å². The van der Waals surface area contributed by atoms with Crippen molar-refractivity contribution in [2.24, 2.45) is 5.92 Å². The summed E-state index contributed by atoms with van der Waals surface area (Å²) in [5.41, 5.74) is 0.452. The van der Waals surface area contributed by atoms with Crippen LogP contribution in [0.1, 0.15) is 32.1 Å². The lowest BCUT2D eigenvalue weighted by molar-refractivity contribution is -0.117. The van der Waals surface area contributed by atoms with Crippen LogP contribution in [0.15, 0.2) is 18.2 Å². The summed E-state index contributed by atoms with van der Waals surface area (Å²) in [4.78, 5) is 12.2. The predicted octanol–water partition coefficient (Wildman–Crippen LogP) is 3.34. The lowest BCUT2D eigenvalue weighted by Gasteiger charge is -2.24. The van der Waals surface area contributed by atoms with E-state index in [1.54, 1.807) is 6.07 Å². The first-order valence-electron chi connectivity index (χ1n) is 7.15. The van der Waals surface area contributed by atoms with Gasteiger partial charge >= 0.3 is 0 Å². The molecule has 0 aromatic heterocycles. The molecular weight excluding hydrogens is 279 g/mol. The molecule has 1 heterocycles. The Morgan fingerprint density at radius 1 is 1.35 bits per heavy atom. The summed E-state index contributed by atoms with van der Waals surface area (Å²) in [7, 11) is 0. The fourth-order valence-electron chi connectivity index (χ4n) is 3.32. The van der Waals surface area contributed by atoms with E-state index >= 15 is 0 Å². The minimum atomic E-state index is -0.516. The van der Waals surface area contributed by atoms with Gasteiger partial charge in [-0.2, -0.15) is 0 Å². The van der Waals surface area contributed by atoms with E-state index in [0.29, 0.717) is 17.6 Å². The van der Waals surface area contributed by atoms with E-state index in [1.165, 1.54) is 31.4 Å². The molecule has 1 aromatic carbocycles. The molecule has 2 fully saturated rings. The van der Waals surface area contributed by atoms with Gasteiger partial charge in [-0.3, -0.25) is 4.79 Å². The molecule has 1 saturated heterocycles. The van der Waals surface area contributed by atoms with Crippen LogP contribution < -0.4 is 10.6 Å². The molecule has 3 unspecified atom stereocenters. The Morgan fingerprint density at radius 3 is 2.90 bits per heavy atom. The number of halogens is 2. The van der Waals surface area contributed by atoms with Crippen LogP contribution in [0.5, 0.6) is 0 Å². The van der Waals surface area contributed by atoms with Gasteiger partial charge in [0.05, 0.1) is 11.1 Å². The molecule has 1 aliphatic heterocycles. The Bertz CT molecular complexity index is 509. The SMILES string of the molecule is O=C(Nc1ccc(Cl)c(F)c1)C1CC2CCCCC2N1. The van der Waals surface area contributed by atoms with E-state index < -0.39 is 5.82 Å². The third-order valence-corrected chi connectivity index (χ3v) is 4.67. The summed E-state index contributed by atoms with van der Waals surface area (Å²) < 4.78 is 13.3. The van der Waals surface area contributed by atoms with Crippen molar-refractivity contribution in [3.63, 3.8) is 0 Å². The summed E-state index contributed by atoms with van der Waals surface area (Å²) in [5.74, 6) is 0.0140. The molecule has 3 nitrogen and oxygen atoms in total. The zero-order valence-corrected chi connectivity index (χ0v) is 11.9. The number of hydrogen-bond donors (Lipinski definition) is 2. The molecule has 2 aliphatic rings. The van der Waals surface area contributed by atoms with Crippen LogP contribution in [0.2, 0.25) is 5.02 Å². The molecule has 1 aliphatic carbocycles. The molecule has 0 spiro atoms. The van der Waals surface area contributed by atoms with E-state index in [-0.39, 0.29) is 17.0 Å². The van der Waals surface area contributed by atoms with Crippen LogP contribution in [0, 0.1) is 11.7 Å². The van der Waals surface area contributed by atoms with Crippen molar-refractivity contribution < 1.29 is 9.18 Å². The molecule has 1 aromatic rings. The molecule has 1 saturated carbocycles. The molecule has 108 valence electrons.